The first kappa shape index (κ1) is 16.5. The van der Waals surface area contributed by atoms with Gasteiger partial charge in [-0.25, -0.2) is 0 Å². The minimum Gasteiger partial charge on any atom is -0.549 e. The molecule has 0 aliphatic heterocycles. The molecule has 0 fully saturated rings. The monoisotopic (exact) mass is 360 g/mol. The zero-order valence-corrected chi connectivity index (χ0v) is 13.8. The first-order valence-electron chi connectivity index (χ1n) is 4.59. The molecule has 0 spiro atoms. The molecule has 17 heavy (non-hydrogen) atoms. The fourth-order valence-electron chi connectivity index (χ4n) is 1.26. The van der Waals surface area contributed by atoms with Crippen LogP contribution in [0.5, 0.6) is 5.75 Å². The Morgan fingerprint density at radius 2 is 1.65 bits per heavy atom. The Morgan fingerprint density at radius 1 is 1.18 bits per heavy atom. The molecule has 0 amide bonds. The normalized spacial score (nSPS) is 9.53. The number of hydrogen-bond acceptors (Lipinski definition) is 5. The molecule has 86 valence electrons. The summed E-state index contributed by atoms with van der Waals surface area (Å²) in [5.74, 6) is -4.30. The Kier molecular flexibility index (Phi) is 7.57. The molecule has 0 heterocycles. The van der Waals surface area contributed by atoms with Gasteiger partial charge in [0, 0.05) is 5.92 Å². The van der Waals surface area contributed by atoms with Crippen molar-refractivity contribution in [1.82, 2.24) is 0 Å². The first-order chi connectivity index (χ1) is 7.54. The summed E-state index contributed by atoms with van der Waals surface area (Å²) in [7, 11) is 1.50. The van der Waals surface area contributed by atoms with Gasteiger partial charge in [0.15, 0.2) is 0 Å². The van der Waals surface area contributed by atoms with Gasteiger partial charge in [0.2, 0.25) is 0 Å². The number of ether oxygens (including phenoxy) is 1. The van der Waals surface area contributed by atoms with Crippen LogP contribution in [-0.4, -0.2) is 67.9 Å². The summed E-state index contributed by atoms with van der Waals surface area (Å²) >= 11 is 0. The summed E-state index contributed by atoms with van der Waals surface area (Å²) in [6.07, 6.45) is -0.158. The molecule has 0 unspecified atom stereocenters. The zero-order chi connectivity index (χ0) is 12.1. The molecular formula is C11H10BaO5. The molecule has 6 heteroatoms. The standard InChI is InChI=1S/C11H12O5.Ba/c1-16-8-4-2-7(3-5-8)6-9(10(12)13)11(14)15;/h2-5,9H,6H2,1H3,(H,12,13)(H,14,15);/q;+2/p-2. The van der Waals surface area contributed by atoms with Crippen LogP contribution in [-0.2, 0) is 16.0 Å². The van der Waals surface area contributed by atoms with E-state index in [0.29, 0.717) is 11.3 Å². The number of rotatable bonds is 5. The molecule has 0 aliphatic carbocycles. The molecule has 1 aromatic rings. The van der Waals surface area contributed by atoms with Crippen molar-refractivity contribution in [2.45, 2.75) is 6.42 Å². The Bertz CT molecular complexity index is 373. The molecule has 1 aromatic carbocycles. The van der Waals surface area contributed by atoms with E-state index in [1.165, 1.54) is 7.11 Å². The second-order valence-corrected chi connectivity index (χ2v) is 3.24. The average molecular weight is 360 g/mol. The van der Waals surface area contributed by atoms with Crippen LogP contribution in [0.4, 0.5) is 0 Å². The van der Waals surface area contributed by atoms with E-state index in [4.69, 9.17) is 4.74 Å². The molecule has 0 aromatic heterocycles. The van der Waals surface area contributed by atoms with Crippen LogP contribution < -0.4 is 14.9 Å². The second kappa shape index (κ2) is 7.78. The molecule has 0 radical (unpaired) electrons. The largest absolute Gasteiger partial charge is 2.00 e. The zero-order valence-electron chi connectivity index (χ0n) is 9.34. The maximum Gasteiger partial charge on any atom is 2.00 e. The number of aliphatic carboxylic acids is 2. The van der Waals surface area contributed by atoms with Gasteiger partial charge in [-0.2, -0.15) is 0 Å². The van der Waals surface area contributed by atoms with E-state index >= 15 is 0 Å². The van der Waals surface area contributed by atoms with Gasteiger partial charge in [0.1, 0.15) is 5.75 Å². The smallest absolute Gasteiger partial charge is 0.549 e. The van der Waals surface area contributed by atoms with Gasteiger partial charge < -0.3 is 24.5 Å². The molecule has 0 saturated heterocycles. The Balaban J connectivity index is 0.00000256. The number of carboxylic acids is 2. The SMILES string of the molecule is COc1ccc(CC(C(=O)[O-])C(=O)[O-])cc1.[Ba+2]. The van der Waals surface area contributed by atoms with E-state index in [1.807, 2.05) is 0 Å². The second-order valence-electron chi connectivity index (χ2n) is 3.24. The van der Waals surface area contributed by atoms with E-state index in [0.717, 1.165) is 0 Å². The number of carbonyl (C=O) groups excluding carboxylic acids is 2. The topological polar surface area (TPSA) is 89.5 Å². The molecule has 0 bridgehead atoms. The van der Waals surface area contributed by atoms with Crippen molar-refractivity contribution in [1.29, 1.82) is 0 Å². The molecule has 0 aliphatic rings. The summed E-state index contributed by atoms with van der Waals surface area (Å²) in [5, 5.41) is 21.0. The molecule has 0 atom stereocenters. The van der Waals surface area contributed by atoms with Crippen LogP contribution in [0.1, 0.15) is 5.56 Å². The predicted octanol–water partition coefficient (Wildman–Crippen LogP) is -2.03. The number of carbonyl (C=O) groups is 2. The van der Waals surface area contributed by atoms with Crippen molar-refractivity contribution in [3.8, 4) is 5.75 Å². The van der Waals surface area contributed by atoms with E-state index in [1.54, 1.807) is 24.3 Å². The quantitative estimate of drug-likeness (QED) is 0.447. The van der Waals surface area contributed by atoms with Crippen molar-refractivity contribution in [2.24, 2.45) is 5.92 Å². The van der Waals surface area contributed by atoms with Crippen LogP contribution in [0.2, 0.25) is 0 Å². The summed E-state index contributed by atoms with van der Waals surface area (Å²) < 4.78 is 4.91. The molecule has 1 rings (SSSR count). The Hall–Kier alpha value is -0.469. The fraction of sp³-hybridized carbons (Fsp3) is 0.273. The Labute approximate surface area is 139 Å². The van der Waals surface area contributed by atoms with Crippen LogP contribution in [0.15, 0.2) is 24.3 Å². The third-order valence-corrected chi connectivity index (χ3v) is 2.17. The fourth-order valence-corrected chi connectivity index (χ4v) is 1.26. The van der Waals surface area contributed by atoms with E-state index < -0.39 is 17.9 Å². The third-order valence-electron chi connectivity index (χ3n) is 2.17. The number of carboxylic acid groups (broad SMARTS) is 2. The molecular weight excluding hydrogens is 349 g/mol. The van der Waals surface area contributed by atoms with E-state index in [9.17, 15) is 19.8 Å². The minimum absolute atomic E-state index is 0. The van der Waals surface area contributed by atoms with Gasteiger partial charge >= 0.3 is 48.9 Å². The van der Waals surface area contributed by atoms with Gasteiger partial charge in [-0.1, -0.05) is 12.1 Å². The van der Waals surface area contributed by atoms with Gasteiger partial charge in [0.25, 0.3) is 0 Å². The first-order valence-corrected chi connectivity index (χ1v) is 4.59. The summed E-state index contributed by atoms with van der Waals surface area (Å²) in [6.45, 7) is 0. The van der Waals surface area contributed by atoms with Crippen molar-refractivity contribution in [3.63, 3.8) is 0 Å². The van der Waals surface area contributed by atoms with Crippen LogP contribution >= 0.6 is 0 Å². The van der Waals surface area contributed by atoms with Crippen LogP contribution in [0.25, 0.3) is 0 Å². The van der Waals surface area contributed by atoms with Crippen LogP contribution in [0.3, 0.4) is 0 Å². The van der Waals surface area contributed by atoms with E-state index in [-0.39, 0.29) is 55.3 Å². The third kappa shape index (κ3) is 5.14. The minimum atomic E-state index is -1.64. The molecule has 0 saturated carbocycles. The molecule has 5 nitrogen and oxygen atoms in total. The summed E-state index contributed by atoms with van der Waals surface area (Å²) in [4.78, 5) is 21.0. The van der Waals surface area contributed by atoms with Crippen molar-refractivity contribution < 1.29 is 24.5 Å². The summed E-state index contributed by atoms with van der Waals surface area (Å²) in [6, 6.07) is 6.43. The van der Waals surface area contributed by atoms with Crippen molar-refractivity contribution >= 4 is 60.8 Å². The number of benzene rings is 1. The maximum atomic E-state index is 10.5. The Morgan fingerprint density at radius 3 is 2.00 bits per heavy atom. The molecule has 0 N–H and O–H groups in total. The van der Waals surface area contributed by atoms with Gasteiger partial charge in [-0.05, 0) is 24.1 Å². The predicted molar refractivity (Wildman–Crippen MR) is 56.0 cm³/mol. The summed E-state index contributed by atoms with van der Waals surface area (Å²) in [5.41, 5.74) is 0.569. The van der Waals surface area contributed by atoms with Gasteiger partial charge in [-0.3, -0.25) is 0 Å². The number of methoxy groups -OCH3 is 1. The average Bonchev–Trinajstić information content (AvgIpc) is 2.25. The maximum absolute atomic E-state index is 10.5. The van der Waals surface area contributed by atoms with Crippen LogP contribution in [0, 0.1) is 5.92 Å². The van der Waals surface area contributed by atoms with Gasteiger partial charge in [0.05, 0.1) is 19.0 Å². The van der Waals surface area contributed by atoms with E-state index in [2.05, 4.69) is 0 Å². The number of hydrogen-bond donors (Lipinski definition) is 0. The van der Waals surface area contributed by atoms with Gasteiger partial charge in [-0.15, -0.1) is 0 Å². The van der Waals surface area contributed by atoms with Crippen molar-refractivity contribution in [3.05, 3.63) is 29.8 Å². The van der Waals surface area contributed by atoms with Crippen molar-refractivity contribution in [2.75, 3.05) is 7.11 Å².